The van der Waals surface area contributed by atoms with E-state index in [1.54, 1.807) is 14.2 Å². The summed E-state index contributed by atoms with van der Waals surface area (Å²) in [4.78, 5) is 39.0. The third-order valence-electron chi connectivity index (χ3n) is 8.44. The van der Waals surface area contributed by atoms with Crippen LogP contribution in [0.3, 0.4) is 0 Å². The number of urea groups is 1. The molecule has 3 N–H and O–H groups in total. The number of ether oxygens (including phenoxy) is 1. The summed E-state index contributed by atoms with van der Waals surface area (Å²) in [6.07, 6.45) is -1.03. The van der Waals surface area contributed by atoms with Crippen LogP contribution < -0.4 is 15.4 Å². The van der Waals surface area contributed by atoms with Crippen molar-refractivity contribution < 1.29 is 37.4 Å². The van der Waals surface area contributed by atoms with Gasteiger partial charge in [0, 0.05) is 39.8 Å². The average molecular weight is 543 g/mol. The SMILES string of the molecule is CCN1C[C@H]2C3(CCN(C(=O)NCc4ccc(OC)cc4)CC3)CC[C@@]2(C(=O)NC)C1.O=C(O)C(F)(F)F. The van der Waals surface area contributed by atoms with Gasteiger partial charge in [-0.25, -0.2) is 9.59 Å². The number of likely N-dealkylation sites (tertiary alicyclic amines) is 2. The van der Waals surface area contributed by atoms with E-state index in [-0.39, 0.29) is 22.8 Å². The number of carbonyl (C=O) groups excluding carboxylic acids is 2. The van der Waals surface area contributed by atoms with E-state index in [9.17, 15) is 22.8 Å². The molecule has 2 saturated heterocycles. The van der Waals surface area contributed by atoms with Gasteiger partial charge in [-0.05, 0) is 61.3 Å². The van der Waals surface area contributed by atoms with Gasteiger partial charge in [0.2, 0.25) is 5.91 Å². The van der Waals surface area contributed by atoms with Crippen molar-refractivity contribution in [3.8, 4) is 5.75 Å². The minimum Gasteiger partial charge on any atom is -0.497 e. The second-order valence-corrected chi connectivity index (χ2v) is 10.3. The highest BCUT2D eigenvalue weighted by atomic mass is 19.4. The molecule has 1 aromatic carbocycles. The van der Waals surface area contributed by atoms with Gasteiger partial charge in [-0.2, -0.15) is 13.2 Å². The molecule has 4 rings (SSSR count). The van der Waals surface area contributed by atoms with Crippen LogP contribution in [-0.2, 0) is 16.1 Å². The molecule has 2 atom stereocenters. The molecule has 2 aliphatic heterocycles. The maximum atomic E-state index is 12.9. The number of halogens is 3. The predicted octanol–water partition coefficient (Wildman–Crippen LogP) is 3.10. The molecule has 1 aliphatic carbocycles. The van der Waals surface area contributed by atoms with Crippen LogP contribution in [0.25, 0.3) is 0 Å². The van der Waals surface area contributed by atoms with Crippen LogP contribution >= 0.6 is 0 Å². The number of carbonyl (C=O) groups is 3. The van der Waals surface area contributed by atoms with E-state index in [1.165, 1.54) is 0 Å². The third-order valence-corrected chi connectivity index (χ3v) is 8.44. The van der Waals surface area contributed by atoms with Gasteiger partial charge in [0.15, 0.2) is 0 Å². The molecule has 38 heavy (non-hydrogen) atoms. The first-order chi connectivity index (χ1) is 17.9. The number of benzene rings is 1. The molecule has 1 saturated carbocycles. The zero-order valence-electron chi connectivity index (χ0n) is 22.1. The lowest BCUT2D eigenvalue weighted by atomic mass is 9.65. The fourth-order valence-electron chi connectivity index (χ4n) is 6.31. The Labute approximate surface area is 220 Å². The fraction of sp³-hybridized carbons (Fsp3) is 0.654. The van der Waals surface area contributed by atoms with Gasteiger partial charge in [0.1, 0.15) is 5.75 Å². The third kappa shape index (κ3) is 6.16. The van der Waals surface area contributed by atoms with E-state index in [0.29, 0.717) is 12.5 Å². The molecule has 3 aliphatic rings. The van der Waals surface area contributed by atoms with Crippen LogP contribution in [0.5, 0.6) is 5.75 Å². The Bertz CT molecular complexity index is 996. The van der Waals surface area contributed by atoms with Crippen molar-refractivity contribution >= 4 is 17.9 Å². The summed E-state index contributed by atoms with van der Waals surface area (Å²) in [5, 5.41) is 13.1. The highest BCUT2D eigenvalue weighted by Crippen LogP contribution is 2.62. The first-order valence-corrected chi connectivity index (χ1v) is 12.8. The molecule has 0 bridgehead atoms. The molecular formula is C26H37F3N4O5. The van der Waals surface area contributed by atoms with Gasteiger partial charge in [0.25, 0.3) is 0 Å². The molecule has 0 aromatic heterocycles. The van der Waals surface area contributed by atoms with E-state index in [2.05, 4.69) is 22.5 Å². The van der Waals surface area contributed by atoms with Gasteiger partial charge in [-0.1, -0.05) is 19.1 Å². The number of amides is 3. The molecule has 0 unspecified atom stereocenters. The normalized spacial score (nSPS) is 24.3. The summed E-state index contributed by atoms with van der Waals surface area (Å²) < 4.78 is 36.9. The van der Waals surface area contributed by atoms with E-state index in [4.69, 9.17) is 14.6 Å². The standard InChI is InChI=1S/C24H36N4O3.C2HF3O2/c1-4-27-16-20-23(9-10-24(20,17-27)21(29)25-2)11-13-28(14-12-23)22(30)26-15-18-5-7-19(31-3)8-6-18;3-2(4,5)1(6)7/h5-8,20H,4,9-17H2,1-3H3,(H,25,29)(H,26,30);(H,6,7)/t20-,24+;/m0./s1. The average Bonchev–Trinajstić information content (AvgIpc) is 3.43. The Hall–Kier alpha value is -3.02. The number of carboxylic acids is 1. The number of hydrogen-bond donors (Lipinski definition) is 3. The summed E-state index contributed by atoms with van der Waals surface area (Å²) >= 11 is 0. The number of rotatable bonds is 5. The molecular weight excluding hydrogens is 505 g/mol. The Morgan fingerprint density at radius 1 is 1.11 bits per heavy atom. The molecule has 2 heterocycles. The maximum absolute atomic E-state index is 12.9. The Morgan fingerprint density at radius 2 is 1.71 bits per heavy atom. The van der Waals surface area contributed by atoms with Crippen molar-refractivity contribution in [2.45, 2.75) is 45.3 Å². The van der Waals surface area contributed by atoms with Crippen molar-refractivity contribution in [1.82, 2.24) is 20.4 Å². The highest BCUT2D eigenvalue weighted by molar-refractivity contribution is 5.84. The molecule has 3 fully saturated rings. The first kappa shape index (κ1) is 29.5. The quantitative estimate of drug-likeness (QED) is 0.528. The van der Waals surface area contributed by atoms with Crippen LogP contribution in [0.4, 0.5) is 18.0 Å². The van der Waals surface area contributed by atoms with Crippen LogP contribution in [0.15, 0.2) is 24.3 Å². The van der Waals surface area contributed by atoms with Gasteiger partial charge < -0.3 is 30.3 Å². The number of nitrogens with one attached hydrogen (secondary N) is 2. The lowest BCUT2D eigenvalue weighted by molar-refractivity contribution is -0.192. The zero-order chi connectivity index (χ0) is 28.1. The summed E-state index contributed by atoms with van der Waals surface area (Å²) in [7, 11) is 3.41. The summed E-state index contributed by atoms with van der Waals surface area (Å²) in [6, 6.07) is 7.77. The number of fused-ring (bicyclic) bond motifs is 2. The van der Waals surface area contributed by atoms with E-state index in [0.717, 1.165) is 69.7 Å². The monoisotopic (exact) mass is 542 g/mol. The summed E-state index contributed by atoms with van der Waals surface area (Å²) in [6.45, 7) is 7.10. The lowest BCUT2D eigenvalue weighted by Crippen LogP contribution is -2.51. The Morgan fingerprint density at radius 3 is 2.21 bits per heavy atom. The second kappa shape index (κ2) is 11.8. The van der Waals surface area contributed by atoms with E-state index in [1.807, 2.05) is 29.2 Å². The maximum Gasteiger partial charge on any atom is 0.490 e. The molecule has 1 aromatic rings. The molecule has 12 heteroatoms. The van der Waals surface area contributed by atoms with Crippen molar-refractivity contribution in [2.24, 2.45) is 16.7 Å². The van der Waals surface area contributed by atoms with Crippen molar-refractivity contribution in [2.75, 3.05) is 46.9 Å². The van der Waals surface area contributed by atoms with Crippen LogP contribution in [-0.4, -0.2) is 85.9 Å². The number of methoxy groups -OCH3 is 1. The van der Waals surface area contributed by atoms with Crippen LogP contribution in [0, 0.1) is 16.7 Å². The number of hydrogen-bond acceptors (Lipinski definition) is 5. The van der Waals surface area contributed by atoms with Crippen molar-refractivity contribution in [3.63, 3.8) is 0 Å². The predicted molar refractivity (Wildman–Crippen MR) is 133 cm³/mol. The van der Waals surface area contributed by atoms with Crippen LogP contribution in [0.1, 0.15) is 38.2 Å². The van der Waals surface area contributed by atoms with Gasteiger partial charge >= 0.3 is 18.2 Å². The number of alkyl halides is 3. The fourth-order valence-corrected chi connectivity index (χ4v) is 6.31. The Balaban J connectivity index is 0.000000505. The topological polar surface area (TPSA) is 111 Å². The smallest absolute Gasteiger partial charge is 0.490 e. The van der Waals surface area contributed by atoms with E-state index < -0.39 is 12.1 Å². The number of piperidine rings is 1. The molecule has 212 valence electrons. The Kier molecular flexibility index (Phi) is 9.17. The lowest BCUT2D eigenvalue weighted by Gasteiger charge is -2.44. The number of aliphatic carboxylic acids is 1. The zero-order valence-corrected chi connectivity index (χ0v) is 22.1. The van der Waals surface area contributed by atoms with Gasteiger partial charge in [0.05, 0.1) is 12.5 Å². The largest absolute Gasteiger partial charge is 0.497 e. The molecule has 1 spiro atoms. The van der Waals surface area contributed by atoms with Gasteiger partial charge in [-0.15, -0.1) is 0 Å². The summed E-state index contributed by atoms with van der Waals surface area (Å²) in [5.74, 6) is -1.34. The number of nitrogens with zero attached hydrogens (tertiary/aromatic N) is 2. The summed E-state index contributed by atoms with van der Waals surface area (Å²) in [5.41, 5.74) is 0.992. The molecule has 0 radical (unpaired) electrons. The van der Waals surface area contributed by atoms with Crippen molar-refractivity contribution in [1.29, 1.82) is 0 Å². The van der Waals surface area contributed by atoms with E-state index >= 15 is 0 Å². The number of carboxylic acid groups (broad SMARTS) is 1. The second-order valence-electron chi connectivity index (χ2n) is 10.3. The highest BCUT2D eigenvalue weighted by Gasteiger charge is 2.63. The first-order valence-electron chi connectivity index (χ1n) is 12.8. The molecule has 9 nitrogen and oxygen atoms in total. The van der Waals surface area contributed by atoms with Crippen molar-refractivity contribution in [3.05, 3.63) is 29.8 Å². The van der Waals surface area contributed by atoms with Crippen LogP contribution in [0.2, 0.25) is 0 Å². The molecule has 3 amide bonds. The minimum atomic E-state index is -5.08. The van der Waals surface area contributed by atoms with Gasteiger partial charge in [-0.3, -0.25) is 4.79 Å². The minimum absolute atomic E-state index is 0.00263.